The molecule has 0 saturated carbocycles. The lowest BCUT2D eigenvalue weighted by Crippen LogP contribution is -2.01. The molecule has 0 bridgehead atoms. The van der Waals surface area contributed by atoms with Crippen LogP contribution in [0, 0.1) is 20.2 Å². The van der Waals surface area contributed by atoms with Gasteiger partial charge in [0.05, 0.1) is 23.0 Å². The number of non-ortho nitro benzene ring substituents is 1. The molecule has 0 fully saturated rings. The number of nitro groups is 2. The van der Waals surface area contributed by atoms with Crippen molar-refractivity contribution in [2.45, 2.75) is 6.92 Å². The summed E-state index contributed by atoms with van der Waals surface area (Å²) in [4.78, 5) is 20.5. The van der Waals surface area contributed by atoms with Crippen LogP contribution in [0.2, 0.25) is 0 Å². The molecule has 0 unspecified atom stereocenters. The maximum Gasteiger partial charge on any atom is 0.301 e. The van der Waals surface area contributed by atoms with E-state index in [2.05, 4.69) is 10.5 Å². The first kappa shape index (κ1) is 17.9. The number of fused-ring (bicyclic) bond motifs is 1. The van der Waals surface area contributed by atoms with Crippen LogP contribution in [0.25, 0.3) is 11.0 Å². The topological polar surface area (TPSA) is 133 Å². The number of nitro benzene ring substituents is 2. The van der Waals surface area contributed by atoms with E-state index in [4.69, 9.17) is 9.15 Å². The molecule has 10 nitrogen and oxygen atoms in total. The van der Waals surface area contributed by atoms with Crippen LogP contribution in [0.15, 0.2) is 52.0 Å². The molecule has 10 heteroatoms. The van der Waals surface area contributed by atoms with Crippen LogP contribution in [-0.4, -0.2) is 22.7 Å². The van der Waals surface area contributed by atoms with E-state index < -0.39 is 15.5 Å². The summed E-state index contributed by atoms with van der Waals surface area (Å²) in [7, 11) is 1.53. The number of furan rings is 1. The van der Waals surface area contributed by atoms with Crippen molar-refractivity contribution < 1.29 is 19.0 Å². The largest absolute Gasteiger partial charge is 0.493 e. The molecule has 0 saturated heterocycles. The van der Waals surface area contributed by atoms with Gasteiger partial charge in [0.25, 0.3) is 5.69 Å². The van der Waals surface area contributed by atoms with Gasteiger partial charge in [-0.15, -0.1) is 0 Å². The number of nitrogens with zero attached hydrogens (tertiary/aromatic N) is 3. The number of rotatable bonds is 6. The van der Waals surface area contributed by atoms with Gasteiger partial charge in [0.2, 0.25) is 0 Å². The van der Waals surface area contributed by atoms with Gasteiger partial charge in [0.15, 0.2) is 17.1 Å². The van der Waals surface area contributed by atoms with E-state index in [1.165, 1.54) is 13.2 Å². The summed E-state index contributed by atoms with van der Waals surface area (Å²) in [5.74, 6) is 1.03. The molecule has 0 aliphatic rings. The maximum absolute atomic E-state index is 11.2. The molecule has 0 aliphatic carbocycles. The van der Waals surface area contributed by atoms with Crippen LogP contribution < -0.4 is 10.2 Å². The van der Waals surface area contributed by atoms with Crippen LogP contribution >= 0.6 is 0 Å². The highest BCUT2D eigenvalue weighted by Crippen LogP contribution is 2.30. The zero-order valence-corrected chi connectivity index (χ0v) is 14.3. The van der Waals surface area contributed by atoms with E-state index in [1.807, 2.05) is 12.1 Å². The van der Waals surface area contributed by atoms with E-state index in [1.54, 1.807) is 19.1 Å². The van der Waals surface area contributed by atoms with Gasteiger partial charge < -0.3 is 9.15 Å². The molecule has 1 N–H and O–H groups in total. The second-order valence-electron chi connectivity index (χ2n) is 5.51. The summed E-state index contributed by atoms with van der Waals surface area (Å²) >= 11 is 0. The lowest BCUT2D eigenvalue weighted by Gasteiger charge is -2.03. The SMILES string of the molecule is COc1cccc2cc(/C(C)=N\Nc3ccc([N+](=O)[O-])cc3[N+](=O)[O-])oc12. The van der Waals surface area contributed by atoms with Gasteiger partial charge in [-0.05, 0) is 25.1 Å². The predicted molar refractivity (Wildman–Crippen MR) is 98.4 cm³/mol. The Kier molecular flexibility index (Phi) is 4.71. The second kappa shape index (κ2) is 7.12. The predicted octanol–water partition coefficient (Wildman–Crippen LogP) is 4.09. The molecular formula is C17H14N4O6. The minimum Gasteiger partial charge on any atom is -0.493 e. The Balaban J connectivity index is 1.92. The highest BCUT2D eigenvalue weighted by atomic mass is 16.6. The Morgan fingerprint density at radius 3 is 2.59 bits per heavy atom. The van der Waals surface area contributed by atoms with Crippen LogP contribution in [0.1, 0.15) is 12.7 Å². The Hall–Kier alpha value is -3.95. The second-order valence-corrected chi connectivity index (χ2v) is 5.51. The van der Waals surface area contributed by atoms with Crippen LogP contribution in [-0.2, 0) is 0 Å². The number of ether oxygens (including phenoxy) is 1. The molecule has 1 heterocycles. The summed E-state index contributed by atoms with van der Waals surface area (Å²) in [6.45, 7) is 1.66. The average molecular weight is 370 g/mol. The third-order valence-corrected chi connectivity index (χ3v) is 3.82. The molecule has 3 aromatic rings. The van der Waals surface area contributed by atoms with Crippen LogP contribution in [0.5, 0.6) is 5.75 Å². The minimum atomic E-state index is -0.716. The lowest BCUT2D eigenvalue weighted by molar-refractivity contribution is -0.393. The molecule has 0 spiro atoms. The summed E-state index contributed by atoms with van der Waals surface area (Å²) < 4.78 is 11.0. The van der Waals surface area contributed by atoms with E-state index >= 15 is 0 Å². The minimum absolute atomic E-state index is 0.0265. The summed E-state index contributed by atoms with van der Waals surface area (Å²) in [5, 5.41) is 26.9. The van der Waals surface area contributed by atoms with Crippen molar-refractivity contribution in [1.29, 1.82) is 0 Å². The van der Waals surface area contributed by atoms with Gasteiger partial charge in [-0.25, -0.2) is 0 Å². The van der Waals surface area contributed by atoms with Crippen LogP contribution in [0.4, 0.5) is 17.1 Å². The third-order valence-electron chi connectivity index (χ3n) is 3.82. The Morgan fingerprint density at radius 1 is 1.15 bits per heavy atom. The molecule has 0 aliphatic heterocycles. The molecule has 2 aromatic carbocycles. The fraction of sp³-hybridized carbons (Fsp3) is 0.118. The van der Waals surface area contributed by atoms with Crippen LogP contribution in [0.3, 0.4) is 0 Å². The van der Waals surface area contributed by atoms with E-state index in [0.717, 1.165) is 17.5 Å². The lowest BCUT2D eigenvalue weighted by atomic mass is 10.2. The summed E-state index contributed by atoms with van der Waals surface area (Å²) in [6.07, 6.45) is 0. The molecule has 1 aromatic heterocycles. The Morgan fingerprint density at radius 2 is 1.93 bits per heavy atom. The van der Waals surface area contributed by atoms with E-state index in [0.29, 0.717) is 22.8 Å². The zero-order chi connectivity index (χ0) is 19.6. The third kappa shape index (κ3) is 3.54. The fourth-order valence-electron chi connectivity index (χ4n) is 2.45. The molecule has 27 heavy (non-hydrogen) atoms. The number of para-hydroxylation sites is 1. The highest BCUT2D eigenvalue weighted by molar-refractivity contribution is 6.01. The van der Waals surface area contributed by atoms with Gasteiger partial charge in [-0.2, -0.15) is 5.10 Å². The number of benzene rings is 2. The normalized spacial score (nSPS) is 11.4. The van der Waals surface area contributed by atoms with Crippen molar-refractivity contribution in [3.05, 3.63) is 68.5 Å². The molecule has 3 rings (SSSR count). The van der Waals surface area contributed by atoms with Crippen molar-refractivity contribution in [3.63, 3.8) is 0 Å². The van der Waals surface area contributed by atoms with Gasteiger partial charge in [-0.3, -0.25) is 25.7 Å². The molecular weight excluding hydrogens is 356 g/mol. The smallest absolute Gasteiger partial charge is 0.301 e. The van der Waals surface area contributed by atoms with Crippen molar-refractivity contribution in [3.8, 4) is 5.75 Å². The monoisotopic (exact) mass is 370 g/mol. The quantitative estimate of drug-likeness (QED) is 0.392. The molecule has 0 atom stereocenters. The molecule has 0 radical (unpaired) electrons. The van der Waals surface area contributed by atoms with Gasteiger partial charge in [-0.1, -0.05) is 12.1 Å². The summed E-state index contributed by atoms with van der Waals surface area (Å²) in [5.41, 5.74) is 2.75. The standard InChI is InChI=1S/C17H14N4O6/c1-10(16-8-11-4-3-5-15(26-2)17(11)27-16)18-19-13-7-6-12(20(22)23)9-14(13)21(24)25/h3-9,19H,1-2H3/b18-10-. The van der Waals surface area contributed by atoms with Crippen molar-refractivity contribution in [2.75, 3.05) is 12.5 Å². The molecule has 138 valence electrons. The Bertz CT molecular complexity index is 1070. The van der Waals surface area contributed by atoms with Gasteiger partial charge in [0, 0.05) is 11.5 Å². The van der Waals surface area contributed by atoms with Gasteiger partial charge >= 0.3 is 5.69 Å². The number of hydrazone groups is 1. The number of hydrogen-bond acceptors (Lipinski definition) is 8. The number of anilines is 1. The number of nitrogens with one attached hydrogen (secondary N) is 1. The van der Waals surface area contributed by atoms with E-state index in [9.17, 15) is 20.2 Å². The van der Waals surface area contributed by atoms with Crippen molar-refractivity contribution in [2.24, 2.45) is 5.10 Å². The maximum atomic E-state index is 11.2. The number of methoxy groups -OCH3 is 1. The first-order valence-electron chi connectivity index (χ1n) is 7.70. The molecule has 0 amide bonds. The zero-order valence-electron chi connectivity index (χ0n) is 14.3. The first-order chi connectivity index (χ1) is 12.9. The van der Waals surface area contributed by atoms with Gasteiger partial charge in [0.1, 0.15) is 11.4 Å². The first-order valence-corrected chi connectivity index (χ1v) is 7.70. The number of hydrogen-bond donors (Lipinski definition) is 1. The fourth-order valence-corrected chi connectivity index (χ4v) is 2.45. The van der Waals surface area contributed by atoms with E-state index in [-0.39, 0.29) is 11.4 Å². The summed E-state index contributed by atoms with van der Waals surface area (Å²) in [6, 6.07) is 10.5. The average Bonchev–Trinajstić information content (AvgIpc) is 3.10. The van der Waals surface area contributed by atoms with Crippen molar-refractivity contribution >= 4 is 33.7 Å². The highest BCUT2D eigenvalue weighted by Gasteiger charge is 2.19. The Labute approximate surface area is 152 Å². The van der Waals surface area contributed by atoms with Crippen molar-refractivity contribution in [1.82, 2.24) is 0 Å².